The standard InChI is InChI=1S/C11H21N5/c1-8-6-14-11(12-3)15-10(8)13-7-9(2)16(4)5/h6,9H,7H2,1-5H3,(H2,12,13,14,15). The van der Waals surface area contributed by atoms with Crippen molar-refractivity contribution < 1.29 is 0 Å². The van der Waals surface area contributed by atoms with Gasteiger partial charge in [-0.1, -0.05) is 0 Å². The maximum atomic E-state index is 4.37. The summed E-state index contributed by atoms with van der Waals surface area (Å²) in [5.41, 5.74) is 1.06. The highest BCUT2D eigenvalue weighted by atomic mass is 15.2. The number of nitrogens with zero attached hydrogens (tertiary/aromatic N) is 3. The van der Waals surface area contributed by atoms with Crippen molar-refractivity contribution in [1.29, 1.82) is 0 Å². The Labute approximate surface area is 97.3 Å². The van der Waals surface area contributed by atoms with Crippen molar-refractivity contribution in [3.8, 4) is 0 Å². The van der Waals surface area contributed by atoms with Gasteiger partial charge in [0.2, 0.25) is 5.95 Å². The zero-order valence-corrected chi connectivity index (χ0v) is 10.7. The van der Waals surface area contributed by atoms with Crippen LogP contribution in [-0.2, 0) is 0 Å². The van der Waals surface area contributed by atoms with Gasteiger partial charge in [0.1, 0.15) is 5.82 Å². The molecule has 1 rings (SSSR count). The summed E-state index contributed by atoms with van der Waals surface area (Å²) < 4.78 is 0. The monoisotopic (exact) mass is 223 g/mol. The molecular formula is C11H21N5. The van der Waals surface area contributed by atoms with E-state index in [-0.39, 0.29) is 0 Å². The van der Waals surface area contributed by atoms with Gasteiger partial charge in [0.15, 0.2) is 0 Å². The predicted octanol–water partition coefficient (Wildman–Crippen LogP) is 1.19. The SMILES string of the molecule is CNc1ncc(C)c(NCC(C)N(C)C)n1. The predicted molar refractivity (Wildman–Crippen MR) is 68.0 cm³/mol. The van der Waals surface area contributed by atoms with Gasteiger partial charge < -0.3 is 15.5 Å². The largest absolute Gasteiger partial charge is 0.368 e. The second-order valence-electron chi connectivity index (χ2n) is 4.17. The van der Waals surface area contributed by atoms with Crippen molar-refractivity contribution in [3.05, 3.63) is 11.8 Å². The molecule has 0 amide bonds. The van der Waals surface area contributed by atoms with E-state index in [9.17, 15) is 0 Å². The molecule has 5 nitrogen and oxygen atoms in total. The van der Waals surface area contributed by atoms with Crippen molar-refractivity contribution in [2.24, 2.45) is 0 Å². The first kappa shape index (κ1) is 12.7. The molecule has 1 heterocycles. The summed E-state index contributed by atoms with van der Waals surface area (Å²) in [4.78, 5) is 10.7. The summed E-state index contributed by atoms with van der Waals surface area (Å²) in [5.74, 6) is 1.54. The first-order valence-corrected chi connectivity index (χ1v) is 5.46. The Morgan fingerprint density at radius 2 is 2.12 bits per heavy atom. The molecule has 0 saturated carbocycles. The molecule has 1 unspecified atom stereocenters. The average Bonchev–Trinajstić information content (AvgIpc) is 2.27. The molecule has 0 bridgehead atoms. The van der Waals surface area contributed by atoms with Crippen LogP contribution in [0.25, 0.3) is 0 Å². The molecule has 16 heavy (non-hydrogen) atoms. The minimum absolute atomic E-state index is 0.465. The highest BCUT2D eigenvalue weighted by Gasteiger charge is 2.06. The summed E-state index contributed by atoms with van der Waals surface area (Å²) in [5, 5.41) is 6.27. The maximum Gasteiger partial charge on any atom is 0.224 e. The molecule has 0 aromatic carbocycles. The van der Waals surface area contributed by atoms with Crippen molar-refractivity contribution >= 4 is 11.8 Å². The Morgan fingerprint density at radius 3 is 2.69 bits per heavy atom. The fraction of sp³-hybridized carbons (Fsp3) is 0.636. The van der Waals surface area contributed by atoms with Gasteiger partial charge in [-0.25, -0.2) is 4.98 Å². The van der Waals surface area contributed by atoms with Crippen LogP contribution in [0.1, 0.15) is 12.5 Å². The van der Waals surface area contributed by atoms with Crippen LogP contribution >= 0.6 is 0 Å². The Bertz CT molecular complexity index is 337. The second kappa shape index (κ2) is 5.65. The quantitative estimate of drug-likeness (QED) is 0.785. The van der Waals surface area contributed by atoms with Crippen LogP contribution in [0.15, 0.2) is 6.20 Å². The summed E-state index contributed by atoms with van der Waals surface area (Å²) in [7, 11) is 5.95. The third-order valence-electron chi connectivity index (χ3n) is 2.64. The van der Waals surface area contributed by atoms with Gasteiger partial charge in [-0.05, 0) is 27.9 Å². The molecule has 0 saturated heterocycles. The number of aryl methyl sites for hydroxylation is 1. The van der Waals surface area contributed by atoms with Crippen molar-refractivity contribution in [3.63, 3.8) is 0 Å². The summed E-state index contributed by atoms with van der Waals surface area (Å²) in [6.07, 6.45) is 1.82. The molecule has 0 aliphatic rings. The fourth-order valence-corrected chi connectivity index (χ4v) is 1.17. The van der Waals surface area contributed by atoms with Crippen LogP contribution < -0.4 is 10.6 Å². The number of hydrogen-bond acceptors (Lipinski definition) is 5. The van der Waals surface area contributed by atoms with Gasteiger partial charge in [-0.2, -0.15) is 4.98 Å². The molecule has 1 aromatic heterocycles. The van der Waals surface area contributed by atoms with Crippen LogP contribution in [0.3, 0.4) is 0 Å². The van der Waals surface area contributed by atoms with Gasteiger partial charge in [0.25, 0.3) is 0 Å². The Hall–Kier alpha value is -1.36. The number of aromatic nitrogens is 2. The number of anilines is 2. The van der Waals surface area contributed by atoms with E-state index in [1.165, 1.54) is 0 Å². The number of rotatable bonds is 5. The van der Waals surface area contributed by atoms with Gasteiger partial charge in [-0.15, -0.1) is 0 Å². The summed E-state index contributed by atoms with van der Waals surface area (Å²) in [6.45, 7) is 5.04. The molecule has 90 valence electrons. The molecule has 0 aliphatic carbocycles. The van der Waals surface area contributed by atoms with Gasteiger partial charge in [-0.3, -0.25) is 0 Å². The van der Waals surface area contributed by atoms with E-state index in [1.807, 2.05) is 20.2 Å². The van der Waals surface area contributed by atoms with Crippen LogP contribution in [0, 0.1) is 6.92 Å². The number of nitrogens with one attached hydrogen (secondary N) is 2. The van der Waals surface area contributed by atoms with Crippen molar-refractivity contribution in [1.82, 2.24) is 14.9 Å². The molecule has 0 spiro atoms. The Balaban J connectivity index is 2.65. The van der Waals surface area contributed by atoms with Crippen LogP contribution in [0.4, 0.5) is 11.8 Å². The zero-order chi connectivity index (χ0) is 12.1. The lowest BCUT2D eigenvalue weighted by Gasteiger charge is -2.20. The summed E-state index contributed by atoms with van der Waals surface area (Å²) >= 11 is 0. The third kappa shape index (κ3) is 3.34. The molecule has 0 fully saturated rings. The highest BCUT2D eigenvalue weighted by molar-refractivity contribution is 5.46. The maximum absolute atomic E-state index is 4.37. The van der Waals surface area contributed by atoms with E-state index in [0.717, 1.165) is 17.9 Å². The van der Waals surface area contributed by atoms with Gasteiger partial charge in [0, 0.05) is 31.4 Å². The van der Waals surface area contributed by atoms with E-state index in [1.54, 1.807) is 0 Å². The third-order valence-corrected chi connectivity index (χ3v) is 2.64. The van der Waals surface area contributed by atoms with E-state index >= 15 is 0 Å². The minimum Gasteiger partial charge on any atom is -0.368 e. The van der Waals surface area contributed by atoms with Crippen LogP contribution in [0.5, 0.6) is 0 Å². The average molecular weight is 223 g/mol. The molecule has 2 N–H and O–H groups in total. The Morgan fingerprint density at radius 1 is 1.44 bits per heavy atom. The highest BCUT2D eigenvalue weighted by Crippen LogP contribution is 2.12. The van der Waals surface area contributed by atoms with Crippen LogP contribution in [0.2, 0.25) is 0 Å². The van der Waals surface area contributed by atoms with E-state index < -0.39 is 0 Å². The van der Waals surface area contributed by atoms with E-state index in [4.69, 9.17) is 0 Å². The van der Waals surface area contributed by atoms with Crippen LogP contribution in [-0.4, -0.2) is 48.6 Å². The molecule has 1 atom stereocenters. The lowest BCUT2D eigenvalue weighted by molar-refractivity contribution is 0.326. The van der Waals surface area contributed by atoms with E-state index in [0.29, 0.717) is 12.0 Å². The lowest BCUT2D eigenvalue weighted by Crippen LogP contribution is -2.31. The lowest BCUT2D eigenvalue weighted by atomic mass is 10.3. The molecule has 0 radical (unpaired) electrons. The fourth-order valence-electron chi connectivity index (χ4n) is 1.17. The molecule has 5 heteroatoms. The number of likely N-dealkylation sites (N-methyl/N-ethyl adjacent to an activating group) is 1. The first-order valence-electron chi connectivity index (χ1n) is 5.46. The topological polar surface area (TPSA) is 53.1 Å². The van der Waals surface area contributed by atoms with Crippen molar-refractivity contribution in [2.45, 2.75) is 19.9 Å². The second-order valence-corrected chi connectivity index (χ2v) is 4.17. The minimum atomic E-state index is 0.465. The first-order chi connectivity index (χ1) is 7.54. The molecule has 0 aliphatic heterocycles. The smallest absolute Gasteiger partial charge is 0.224 e. The normalized spacial score (nSPS) is 12.6. The summed E-state index contributed by atoms with van der Waals surface area (Å²) in [6, 6.07) is 0.465. The molecular weight excluding hydrogens is 202 g/mol. The van der Waals surface area contributed by atoms with Gasteiger partial charge >= 0.3 is 0 Å². The van der Waals surface area contributed by atoms with Crippen molar-refractivity contribution in [2.75, 3.05) is 38.3 Å². The number of hydrogen-bond donors (Lipinski definition) is 2. The molecule has 1 aromatic rings. The Kier molecular flexibility index (Phi) is 4.49. The van der Waals surface area contributed by atoms with Gasteiger partial charge in [0.05, 0.1) is 0 Å². The zero-order valence-electron chi connectivity index (χ0n) is 10.7. The van der Waals surface area contributed by atoms with E-state index in [2.05, 4.69) is 46.5 Å².